The molecule has 1 amide bonds. The Morgan fingerprint density at radius 3 is 2.48 bits per heavy atom. The van der Waals surface area contributed by atoms with Crippen molar-refractivity contribution in [1.82, 2.24) is 24.5 Å². The normalized spacial score (nSPS) is 21.6. The SMILES string of the molecule is C[C@@H]1CN(C(=O)Cn2nc(C3CC3)c3cnn(-c4ccc(F)cc4)c3c2=O)C[C@@H](C)O1. The second kappa shape index (κ2) is 7.56. The van der Waals surface area contributed by atoms with Crippen molar-refractivity contribution >= 4 is 16.8 Å². The number of nitrogens with zero attached hydrogens (tertiary/aromatic N) is 5. The number of amides is 1. The van der Waals surface area contributed by atoms with Crippen LogP contribution in [0.25, 0.3) is 16.6 Å². The Labute approximate surface area is 178 Å². The standard InChI is InChI=1S/C22H24FN5O3/c1-13-10-26(11-14(2)31-13)19(29)12-27-22(30)21-18(20(25-27)15-3-4-15)9-24-28(21)17-7-5-16(23)6-8-17/h5-9,13-15H,3-4,10-12H2,1-2H3/t13-,14-/m1/s1. The van der Waals surface area contributed by atoms with Crippen LogP contribution in [0.2, 0.25) is 0 Å². The van der Waals surface area contributed by atoms with Crippen LogP contribution in [0.3, 0.4) is 0 Å². The Balaban J connectivity index is 1.56. The van der Waals surface area contributed by atoms with Crippen LogP contribution in [0.4, 0.5) is 4.39 Å². The number of carbonyl (C=O) groups is 1. The summed E-state index contributed by atoms with van der Waals surface area (Å²) in [5.41, 5.74) is 1.35. The molecule has 5 rings (SSSR count). The summed E-state index contributed by atoms with van der Waals surface area (Å²) in [6.07, 6.45) is 3.52. The number of hydrogen-bond donors (Lipinski definition) is 0. The van der Waals surface area contributed by atoms with Gasteiger partial charge in [0.2, 0.25) is 5.91 Å². The first-order chi connectivity index (χ1) is 14.9. The highest BCUT2D eigenvalue weighted by atomic mass is 19.1. The number of halogens is 1. The summed E-state index contributed by atoms with van der Waals surface area (Å²) < 4.78 is 21.8. The maximum Gasteiger partial charge on any atom is 0.293 e. The van der Waals surface area contributed by atoms with Crippen LogP contribution in [0.15, 0.2) is 35.3 Å². The minimum Gasteiger partial charge on any atom is -0.372 e. The third kappa shape index (κ3) is 3.74. The first kappa shape index (κ1) is 19.9. The van der Waals surface area contributed by atoms with Gasteiger partial charge >= 0.3 is 0 Å². The van der Waals surface area contributed by atoms with Crippen molar-refractivity contribution in [2.45, 2.75) is 51.4 Å². The predicted octanol–water partition coefficient (Wildman–Crippen LogP) is 2.23. The van der Waals surface area contributed by atoms with Crippen LogP contribution in [-0.2, 0) is 16.1 Å². The van der Waals surface area contributed by atoms with Crippen molar-refractivity contribution in [2.24, 2.45) is 0 Å². The van der Waals surface area contributed by atoms with Crippen LogP contribution in [-0.4, -0.2) is 55.7 Å². The van der Waals surface area contributed by atoms with Crippen LogP contribution >= 0.6 is 0 Å². The van der Waals surface area contributed by atoms with Gasteiger partial charge in [-0.25, -0.2) is 13.8 Å². The summed E-state index contributed by atoms with van der Waals surface area (Å²) in [5.74, 6) is -0.262. The first-order valence-corrected chi connectivity index (χ1v) is 10.6. The van der Waals surface area contributed by atoms with E-state index in [0.717, 1.165) is 18.5 Å². The number of carbonyl (C=O) groups excluding carboxylic acids is 1. The molecule has 3 aromatic rings. The van der Waals surface area contributed by atoms with Crippen LogP contribution in [0.5, 0.6) is 0 Å². The topological polar surface area (TPSA) is 82.3 Å². The third-order valence-corrected chi connectivity index (χ3v) is 5.80. The Hall–Kier alpha value is -3.07. The van der Waals surface area contributed by atoms with Crippen LogP contribution in [0, 0.1) is 5.82 Å². The summed E-state index contributed by atoms with van der Waals surface area (Å²) in [7, 11) is 0. The van der Waals surface area contributed by atoms with E-state index in [2.05, 4.69) is 10.2 Å². The fourth-order valence-electron chi connectivity index (χ4n) is 4.25. The van der Waals surface area contributed by atoms with Gasteiger partial charge in [-0.05, 0) is 51.0 Å². The molecule has 1 aliphatic carbocycles. The number of morpholine rings is 1. The molecule has 9 heteroatoms. The maximum atomic E-state index is 13.4. The molecule has 2 atom stereocenters. The molecule has 2 fully saturated rings. The van der Waals surface area contributed by atoms with Gasteiger partial charge in [0.05, 0.1) is 29.8 Å². The van der Waals surface area contributed by atoms with E-state index in [1.807, 2.05) is 13.8 Å². The second-order valence-electron chi connectivity index (χ2n) is 8.47. The molecule has 1 saturated heterocycles. The molecule has 0 spiro atoms. The zero-order chi connectivity index (χ0) is 21.7. The smallest absolute Gasteiger partial charge is 0.293 e. The fraction of sp³-hybridized carbons (Fsp3) is 0.455. The first-order valence-electron chi connectivity index (χ1n) is 10.6. The van der Waals surface area contributed by atoms with Gasteiger partial charge in [0.15, 0.2) is 0 Å². The summed E-state index contributed by atoms with van der Waals surface area (Å²) in [4.78, 5) is 28.1. The van der Waals surface area contributed by atoms with Crippen LogP contribution < -0.4 is 5.56 Å². The Morgan fingerprint density at radius 1 is 1.16 bits per heavy atom. The molecule has 0 N–H and O–H groups in total. The molecule has 0 bridgehead atoms. The molecule has 8 nitrogen and oxygen atoms in total. The van der Waals surface area contributed by atoms with Gasteiger partial charge in [0.25, 0.3) is 5.56 Å². The van der Waals surface area contributed by atoms with Gasteiger partial charge < -0.3 is 9.64 Å². The number of fused-ring (bicyclic) bond motifs is 1. The Kier molecular flexibility index (Phi) is 4.85. The maximum absolute atomic E-state index is 13.4. The molecule has 0 unspecified atom stereocenters. The Bertz CT molecular complexity index is 1190. The average Bonchev–Trinajstić information content (AvgIpc) is 3.48. The van der Waals surface area contributed by atoms with E-state index < -0.39 is 0 Å². The minimum absolute atomic E-state index is 0.0539. The molecular formula is C22H24FN5O3. The molecular weight excluding hydrogens is 401 g/mol. The molecule has 31 heavy (non-hydrogen) atoms. The number of benzene rings is 1. The van der Waals surface area contributed by atoms with Gasteiger partial charge in [-0.1, -0.05) is 0 Å². The lowest BCUT2D eigenvalue weighted by Gasteiger charge is -2.35. The van der Waals surface area contributed by atoms with Gasteiger partial charge in [0, 0.05) is 24.4 Å². The average molecular weight is 425 g/mol. The summed E-state index contributed by atoms with van der Waals surface area (Å²) in [6.45, 7) is 4.70. The zero-order valence-corrected chi connectivity index (χ0v) is 17.5. The van der Waals surface area contributed by atoms with Gasteiger partial charge in [-0.3, -0.25) is 9.59 Å². The Morgan fingerprint density at radius 2 is 1.84 bits per heavy atom. The predicted molar refractivity (Wildman–Crippen MR) is 112 cm³/mol. The molecule has 0 radical (unpaired) electrons. The quantitative estimate of drug-likeness (QED) is 0.640. The van der Waals surface area contributed by atoms with Crippen molar-refractivity contribution in [3.63, 3.8) is 0 Å². The van der Waals surface area contributed by atoms with Crippen molar-refractivity contribution in [2.75, 3.05) is 13.1 Å². The summed E-state index contributed by atoms with van der Waals surface area (Å²) in [6, 6.07) is 5.80. The highest BCUT2D eigenvalue weighted by Gasteiger charge is 2.31. The molecule has 1 aliphatic heterocycles. The minimum atomic E-state index is -0.385. The number of ether oxygens (including phenoxy) is 1. The van der Waals surface area contributed by atoms with Crippen molar-refractivity contribution < 1.29 is 13.9 Å². The van der Waals surface area contributed by atoms with E-state index in [0.29, 0.717) is 29.7 Å². The highest BCUT2D eigenvalue weighted by Crippen LogP contribution is 2.41. The molecule has 2 aliphatic rings. The largest absolute Gasteiger partial charge is 0.372 e. The molecule has 2 aromatic heterocycles. The van der Waals surface area contributed by atoms with E-state index in [9.17, 15) is 14.0 Å². The highest BCUT2D eigenvalue weighted by molar-refractivity contribution is 5.83. The molecule has 1 aromatic carbocycles. The zero-order valence-electron chi connectivity index (χ0n) is 17.5. The van der Waals surface area contributed by atoms with Gasteiger partial charge in [0.1, 0.15) is 17.9 Å². The van der Waals surface area contributed by atoms with Gasteiger partial charge in [-0.2, -0.15) is 10.2 Å². The fourth-order valence-corrected chi connectivity index (χ4v) is 4.25. The number of hydrogen-bond acceptors (Lipinski definition) is 5. The van der Waals surface area contributed by atoms with E-state index in [1.54, 1.807) is 23.2 Å². The van der Waals surface area contributed by atoms with Gasteiger partial charge in [-0.15, -0.1) is 0 Å². The summed E-state index contributed by atoms with van der Waals surface area (Å²) >= 11 is 0. The van der Waals surface area contributed by atoms with E-state index in [-0.39, 0.29) is 42.0 Å². The molecule has 1 saturated carbocycles. The number of rotatable bonds is 4. The van der Waals surface area contributed by atoms with Crippen molar-refractivity contribution in [1.29, 1.82) is 0 Å². The second-order valence-corrected chi connectivity index (χ2v) is 8.47. The lowest BCUT2D eigenvalue weighted by atomic mass is 10.2. The summed E-state index contributed by atoms with van der Waals surface area (Å²) in [5, 5.41) is 9.64. The van der Waals surface area contributed by atoms with E-state index in [4.69, 9.17) is 4.74 Å². The number of aromatic nitrogens is 4. The monoisotopic (exact) mass is 425 g/mol. The third-order valence-electron chi connectivity index (χ3n) is 5.80. The molecule has 162 valence electrons. The van der Waals surface area contributed by atoms with Crippen molar-refractivity contribution in [3.8, 4) is 5.69 Å². The van der Waals surface area contributed by atoms with Crippen LogP contribution in [0.1, 0.15) is 38.3 Å². The van der Waals surface area contributed by atoms with E-state index in [1.165, 1.54) is 21.5 Å². The lowest BCUT2D eigenvalue weighted by Crippen LogP contribution is -2.49. The lowest BCUT2D eigenvalue weighted by molar-refractivity contribution is -0.144. The van der Waals surface area contributed by atoms with Crippen molar-refractivity contribution in [3.05, 3.63) is 52.3 Å². The molecule has 3 heterocycles. The van der Waals surface area contributed by atoms with E-state index >= 15 is 0 Å².